The second-order valence-electron chi connectivity index (χ2n) is 3.37. The van der Waals surface area contributed by atoms with E-state index in [2.05, 4.69) is 20.9 Å². The second-order valence-corrected chi connectivity index (χ2v) is 4.28. The van der Waals surface area contributed by atoms with Gasteiger partial charge in [-0.3, -0.25) is 14.3 Å². The fourth-order valence-electron chi connectivity index (χ4n) is 1.40. The number of benzene rings is 1. The average Bonchev–Trinajstić information content (AvgIpc) is 2.22. The number of aromatic nitrogens is 2. The summed E-state index contributed by atoms with van der Waals surface area (Å²) in [5.74, 6) is 0. The number of nitrogens with one attached hydrogen (secondary N) is 1. The molecule has 0 saturated heterocycles. The fourth-order valence-corrected chi connectivity index (χ4v) is 1.85. The van der Waals surface area contributed by atoms with E-state index in [4.69, 9.17) is 0 Å². The van der Waals surface area contributed by atoms with E-state index in [0.717, 1.165) is 10.0 Å². The number of halogens is 1. The molecular weight excluding hydrogens is 272 g/mol. The highest BCUT2D eigenvalue weighted by atomic mass is 79.9. The number of aromatic amines is 1. The molecule has 5 heteroatoms. The molecule has 1 aromatic carbocycles. The van der Waals surface area contributed by atoms with Crippen LogP contribution in [0, 0.1) is 0 Å². The Morgan fingerprint density at radius 1 is 1.25 bits per heavy atom. The topological polar surface area (TPSA) is 54.9 Å². The smallest absolute Gasteiger partial charge is 0.296 e. The summed E-state index contributed by atoms with van der Waals surface area (Å²) in [5.41, 5.74) is 0.214. The van der Waals surface area contributed by atoms with Gasteiger partial charge in [0.05, 0.1) is 6.54 Å². The van der Waals surface area contributed by atoms with E-state index in [1.165, 1.54) is 16.8 Å². The molecule has 0 aliphatic heterocycles. The maximum absolute atomic E-state index is 11.4. The van der Waals surface area contributed by atoms with Crippen molar-refractivity contribution in [3.63, 3.8) is 0 Å². The molecule has 16 heavy (non-hydrogen) atoms. The monoisotopic (exact) mass is 280 g/mol. The Hall–Kier alpha value is -1.62. The Morgan fingerprint density at radius 3 is 2.75 bits per heavy atom. The van der Waals surface area contributed by atoms with E-state index >= 15 is 0 Å². The third-order valence-electron chi connectivity index (χ3n) is 2.14. The van der Waals surface area contributed by atoms with Crippen LogP contribution in [0.2, 0.25) is 0 Å². The number of hydrogen-bond acceptors (Lipinski definition) is 2. The molecule has 82 valence electrons. The molecule has 0 fully saturated rings. The first-order valence-electron chi connectivity index (χ1n) is 4.69. The van der Waals surface area contributed by atoms with Gasteiger partial charge >= 0.3 is 5.69 Å². The molecule has 0 aliphatic rings. The Balaban J connectivity index is 2.34. The van der Waals surface area contributed by atoms with Crippen molar-refractivity contribution in [3.8, 4) is 0 Å². The summed E-state index contributed by atoms with van der Waals surface area (Å²) in [6.45, 7) is 0.440. The molecule has 0 radical (unpaired) electrons. The van der Waals surface area contributed by atoms with Crippen molar-refractivity contribution in [2.24, 2.45) is 0 Å². The number of hydrogen-bond donors (Lipinski definition) is 1. The molecular formula is C11H9BrN2O2. The van der Waals surface area contributed by atoms with Crippen molar-refractivity contribution in [1.82, 2.24) is 9.55 Å². The predicted molar refractivity (Wildman–Crippen MR) is 64.6 cm³/mol. The quantitative estimate of drug-likeness (QED) is 0.903. The van der Waals surface area contributed by atoms with Gasteiger partial charge in [-0.15, -0.1) is 0 Å². The normalized spacial score (nSPS) is 10.3. The van der Waals surface area contributed by atoms with Crippen LogP contribution in [-0.2, 0) is 6.54 Å². The molecule has 1 aromatic heterocycles. The van der Waals surface area contributed by atoms with Crippen molar-refractivity contribution >= 4 is 15.9 Å². The number of nitrogens with zero attached hydrogens (tertiary/aromatic N) is 1. The molecule has 0 spiro atoms. The first kappa shape index (κ1) is 10.9. The van der Waals surface area contributed by atoms with Crippen molar-refractivity contribution in [1.29, 1.82) is 0 Å². The molecule has 0 saturated carbocycles. The SMILES string of the molecule is O=c1ccn(Cc2cccc(Br)c2)c(=O)[nH]1. The summed E-state index contributed by atoms with van der Waals surface area (Å²) in [5, 5.41) is 0. The van der Waals surface area contributed by atoms with Gasteiger partial charge in [-0.05, 0) is 17.7 Å². The lowest BCUT2D eigenvalue weighted by molar-refractivity contribution is 0.720. The van der Waals surface area contributed by atoms with Crippen molar-refractivity contribution in [2.75, 3.05) is 0 Å². The summed E-state index contributed by atoms with van der Waals surface area (Å²) in [7, 11) is 0. The molecule has 1 N–H and O–H groups in total. The van der Waals surface area contributed by atoms with Crippen LogP contribution >= 0.6 is 15.9 Å². The Morgan fingerprint density at radius 2 is 2.06 bits per heavy atom. The zero-order chi connectivity index (χ0) is 11.5. The number of H-pyrrole nitrogens is 1. The summed E-state index contributed by atoms with van der Waals surface area (Å²) in [4.78, 5) is 24.5. The van der Waals surface area contributed by atoms with Gasteiger partial charge in [0.25, 0.3) is 5.56 Å². The van der Waals surface area contributed by atoms with Crippen molar-refractivity contribution < 1.29 is 0 Å². The molecule has 0 unspecified atom stereocenters. The molecule has 0 bridgehead atoms. The summed E-state index contributed by atoms with van der Waals surface area (Å²) in [6.07, 6.45) is 1.49. The highest BCUT2D eigenvalue weighted by molar-refractivity contribution is 9.10. The lowest BCUT2D eigenvalue weighted by atomic mass is 10.2. The number of rotatable bonds is 2. The maximum Gasteiger partial charge on any atom is 0.328 e. The van der Waals surface area contributed by atoms with Crippen LogP contribution in [0.3, 0.4) is 0 Å². The lowest BCUT2D eigenvalue weighted by Gasteiger charge is -2.04. The molecule has 0 aliphatic carbocycles. The largest absolute Gasteiger partial charge is 0.328 e. The van der Waals surface area contributed by atoms with E-state index in [1.54, 1.807) is 0 Å². The van der Waals surface area contributed by atoms with E-state index in [-0.39, 0.29) is 5.56 Å². The van der Waals surface area contributed by atoms with Gasteiger partial charge in [-0.25, -0.2) is 4.79 Å². The second kappa shape index (κ2) is 4.49. The maximum atomic E-state index is 11.4. The van der Waals surface area contributed by atoms with Gasteiger partial charge in [0.2, 0.25) is 0 Å². The van der Waals surface area contributed by atoms with E-state index in [0.29, 0.717) is 6.54 Å². The van der Waals surface area contributed by atoms with Crippen molar-refractivity contribution in [2.45, 2.75) is 6.54 Å². The van der Waals surface area contributed by atoms with E-state index in [1.807, 2.05) is 24.3 Å². The Kier molecular flexibility index (Phi) is 3.05. The predicted octanol–water partition coefficient (Wildman–Crippen LogP) is 1.35. The third kappa shape index (κ3) is 2.49. The average molecular weight is 281 g/mol. The van der Waals surface area contributed by atoms with Gasteiger partial charge in [-0.2, -0.15) is 0 Å². The van der Waals surface area contributed by atoms with Crippen LogP contribution < -0.4 is 11.2 Å². The van der Waals surface area contributed by atoms with Gasteiger partial charge in [0.1, 0.15) is 0 Å². The third-order valence-corrected chi connectivity index (χ3v) is 2.63. The van der Waals surface area contributed by atoms with Gasteiger partial charge in [0, 0.05) is 16.7 Å². The standard InChI is InChI=1S/C11H9BrN2O2/c12-9-3-1-2-8(6-9)7-14-5-4-10(15)13-11(14)16/h1-6H,7H2,(H,13,15,16). The highest BCUT2D eigenvalue weighted by Gasteiger charge is 1.98. The minimum atomic E-state index is -0.396. The highest BCUT2D eigenvalue weighted by Crippen LogP contribution is 2.11. The molecule has 1 heterocycles. The van der Waals surface area contributed by atoms with Gasteiger partial charge < -0.3 is 0 Å². The Bertz CT molecular complexity index is 616. The molecule has 0 amide bonds. The zero-order valence-electron chi connectivity index (χ0n) is 8.31. The molecule has 4 nitrogen and oxygen atoms in total. The van der Waals surface area contributed by atoms with Crippen LogP contribution in [0.15, 0.2) is 50.6 Å². The van der Waals surface area contributed by atoms with Crippen LogP contribution in [0.1, 0.15) is 5.56 Å². The molecule has 2 rings (SSSR count). The minimum absolute atomic E-state index is 0.379. The van der Waals surface area contributed by atoms with E-state index < -0.39 is 5.69 Å². The lowest BCUT2D eigenvalue weighted by Crippen LogP contribution is -2.28. The van der Waals surface area contributed by atoms with Gasteiger partial charge in [0.15, 0.2) is 0 Å². The Labute approximate surface area is 99.7 Å². The summed E-state index contributed by atoms with van der Waals surface area (Å²) in [6, 6.07) is 8.99. The zero-order valence-corrected chi connectivity index (χ0v) is 9.90. The van der Waals surface area contributed by atoms with Crippen molar-refractivity contribution in [3.05, 3.63) is 67.4 Å². The minimum Gasteiger partial charge on any atom is -0.296 e. The fraction of sp³-hybridized carbons (Fsp3) is 0.0909. The van der Waals surface area contributed by atoms with Crippen LogP contribution in [0.5, 0.6) is 0 Å². The summed E-state index contributed by atoms with van der Waals surface area (Å²) >= 11 is 3.36. The van der Waals surface area contributed by atoms with E-state index in [9.17, 15) is 9.59 Å². The van der Waals surface area contributed by atoms with Crippen LogP contribution in [-0.4, -0.2) is 9.55 Å². The first-order chi connectivity index (χ1) is 7.65. The molecule has 0 atom stereocenters. The first-order valence-corrected chi connectivity index (χ1v) is 5.49. The van der Waals surface area contributed by atoms with Crippen LogP contribution in [0.4, 0.5) is 0 Å². The van der Waals surface area contributed by atoms with Crippen LogP contribution in [0.25, 0.3) is 0 Å². The summed E-state index contributed by atoms with van der Waals surface area (Å²) < 4.78 is 2.41. The van der Waals surface area contributed by atoms with Gasteiger partial charge in [-0.1, -0.05) is 28.1 Å². The molecule has 2 aromatic rings.